The highest BCUT2D eigenvalue weighted by molar-refractivity contribution is 5.86. The molecule has 1 atom stereocenters. The largest absolute Gasteiger partial charge is 0.368 e. The second-order valence-corrected chi connectivity index (χ2v) is 7.07. The molecule has 0 spiro atoms. The molecule has 4 rings (SSSR count). The number of amides is 1. The van der Waals surface area contributed by atoms with Crippen molar-refractivity contribution in [2.45, 2.75) is 57.4 Å². The van der Waals surface area contributed by atoms with Crippen LogP contribution in [0.5, 0.6) is 0 Å². The first-order valence-electron chi connectivity index (χ1n) is 7.54. The maximum absolute atomic E-state index is 12.2. The van der Waals surface area contributed by atoms with Crippen LogP contribution in [-0.4, -0.2) is 18.5 Å². The second kappa shape index (κ2) is 3.96. The number of primary amides is 1. The third kappa shape index (κ3) is 1.43. The Bertz CT molecular complexity index is 324. The summed E-state index contributed by atoms with van der Waals surface area (Å²) in [7, 11) is 1.92. The van der Waals surface area contributed by atoms with Gasteiger partial charge in [-0.1, -0.05) is 6.92 Å². The van der Waals surface area contributed by atoms with Gasteiger partial charge in [-0.25, -0.2) is 0 Å². The SMILES string of the molecule is CCC(NC)(C(N)=O)C12CC3CC(CC(C3)C1)C2. The van der Waals surface area contributed by atoms with Gasteiger partial charge in [-0.15, -0.1) is 0 Å². The van der Waals surface area contributed by atoms with E-state index in [-0.39, 0.29) is 11.3 Å². The van der Waals surface area contributed by atoms with E-state index in [1.165, 1.54) is 38.5 Å². The van der Waals surface area contributed by atoms with Gasteiger partial charge in [-0.3, -0.25) is 4.79 Å². The molecule has 102 valence electrons. The summed E-state index contributed by atoms with van der Waals surface area (Å²) < 4.78 is 0. The van der Waals surface area contributed by atoms with Crippen LogP contribution in [0.4, 0.5) is 0 Å². The van der Waals surface area contributed by atoms with Gasteiger partial charge >= 0.3 is 0 Å². The van der Waals surface area contributed by atoms with E-state index < -0.39 is 5.54 Å². The fourth-order valence-corrected chi connectivity index (χ4v) is 6.01. The van der Waals surface area contributed by atoms with Gasteiger partial charge in [0.15, 0.2) is 0 Å². The van der Waals surface area contributed by atoms with Gasteiger partial charge in [0.1, 0.15) is 5.54 Å². The zero-order valence-corrected chi connectivity index (χ0v) is 11.7. The maximum atomic E-state index is 12.2. The number of rotatable bonds is 4. The van der Waals surface area contributed by atoms with Crippen LogP contribution in [0.1, 0.15) is 51.9 Å². The minimum atomic E-state index is -0.469. The molecule has 0 aromatic rings. The van der Waals surface area contributed by atoms with Gasteiger partial charge < -0.3 is 11.1 Å². The molecule has 3 heteroatoms. The zero-order valence-electron chi connectivity index (χ0n) is 11.7. The highest BCUT2D eigenvalue weighted by Gasteiger charge is 2.61. The van der Waals surface area contributed by atoms with E-state index >= 15 is 0 Å². The Morgan fingerprint density at radius 3 is 1.94 bits per heavy atom. The van der Waals surface area contributed by atoms with Crippen molar-refractivity contribution in [2.75, 3.05) is 7.05 Å². The molecule has 4 fully saturated rings. The van der Waals surface area contributed by atoms with Crippen molar-refractivity contribution in [3.8, 4) is 0 Å². The van der Waals surface area contributed by atoms with E-state index in [4.69, 9.17) is 5.73 Å². The van der Waals surface area contributed by atoms with E-state index in [0.29, 0.717) is 0 Å². The highest BCUT2D eigenvalue weighted by atomic mass is 16.1. The third-order valence-electron chi connectivity index (χ3n) is 6.32. The van der Waals surface area contributed by atoms with E-state index in [0.717, 1.165) is 24.2 Å². The first kappa shape index (κ1) is 12.5. The number of likely N-dealkylation sites (N-methyl/N-ethyl adjacent to an activating group) is 1. The average molecular weight is 250 g/mol. The first-order chi connectivity index (χ1) is 8.55. The molecule has 3 N–H and O–H groups in total. The van der Waals surface area contributed by atoms with Crippen LogP contribution < -0.4 is 11.1 Å². The van der Waals surface area contributed by atoms with E-state index in [9.17, 15) is 4.79 Å². The lowest BCUT2D eigenvalue weighted by molar-refractivity contribution is -0.147. The van der Waals surface area contributed by atoms with Crippen LogP contribution in [0.25, 0.3) is 0 Å². The van der Waals surface area contributed by atoms with Crippen LogP contribution in [0, 0.1) is 23.2 Å². The Hall–Kier alpha value is -0.570. The fourth-order valence-electron chi connectivity index (χ4n) is 6.01. The molecule has 3 nitrogen and oxygen atoms in total. The molecule has 0 radical (unpaired) electrons. The summed E-state index contributed by atoms with van der Waals surface area (Å²) in [6.07, 6.45) is 8.69. The Morgan fingerprint density at radius 1 is 1.22 bits per heavy atom. The Labute approximate surface area is 110 Å². The van der Waals surface area contributed by atoms with Crippen molar-refractivity contribution >= 4 is 5.91 Å². The Balaban J connectivity index is 2.01. The van der Waals surface area contributed by atoms with Crippen LogP contribution in [0.3, 0.4) is 0 Å². The summed E-state index contributed by atoms with van der Waals surface area (Å²) >= 11 is 0. The Morgan fingerprint density at radius 2 is 1.67 bits per heavy atom. The van der Waals surface area contributed by atoms with Crippen LogP contribution in [-0.2, 0) is 4.79 Å². The average Bonchev–Trinajstić information content (AvgIpc) is 2.28. The molecule has 1 unspecified atom stereocenters. The quantitative estimate of drug-likeness (QED) is 0.802. The molecule has 0 aromatic heterocycles. The Kier molecular flexibility index (Phi) is 2.74. The number of carbonyl (C=O) groups excluding carboxylic acids is 1. The minimum absolute atomic E-state index is 0.130. The van der Waals surface area contributed by atoms with E-state index in [1.807, 2.05) is 7.05 Å². The molecular formula is C15H26N2O. The van der Waals surface area contributed by atoms with E-state index in [1.54, 1.807) is 0 Å². The lowest BCUT2D eigenvalue weighted by Crippen LogP contribution is -2.68. The van der Waals surface area contributed by atoms with Crippen LogP contribution in [0.2, 0.25) is 0 Å². The maximum Gasteiger partial charge on any atom is 0.238 e. The topological polar surface area (TPSA) is 55.1 Å². The van der Waals surface area contributed by atoms with Gasteiger partial charge in [-0.2, -0.15) is 0 Å². The smallest absolute Gasteiger partial charge is 0.238 e. The monoisotopic (exact) mass is 250 g/mol. The predicted molar refractivity (Wildman–Crippen MR) is 71.9 cm³/mol. The summed E-state index contributed by atoms with van der Waals surface area (Å²) in [5.41, 5.74) is 5.49. The molecule has 1 amide bonds. The summed E-state index contributed by atoms with van der Waals surface area (Å²) in [6, 6.07) is 0. The number of nitrogens with two attached hydrogens (primary N) is 1. The fraction of sp³-hybridized carbons (Fsp3) is 0.933. The van der Waals surface area contributed by atoms with Crippen molar-refractivity contribution in [1.82, 2.24) is 5.32 Å². The lowest BCUT2D eigenvalue weighted by Gasteiger charge is -2.62. The number of carbonyl (C=O) groups is 1. The first-order valence-corrected chi connectivity index (χ1v) is 7.54. The minimum Gasteiger partial charge on any atom is -0.368 e. The van der Waals surface area contributed by atoms with Crippen molar-refractivity contribution in [3.63, 3.8) is 0 Å². The predicted octanol–water partition coefficient (Wildman–Crippen LogP) is 2.06. The van der Waals surface area contributed by atoms with E-state index in [2.05, 4.69) is 12.2 Å². The second-order valence-electron chi connectivity index (χ2n) is 7.07. The molecule has 18 heavy (non-hydrogen) atoms. The molecule has 4 saturated carbocycles. The molecule has 0 heterocycles. The summed E-state index contributed by atoms with van der Waals surface area (Å²) in [4.78, 5) is 12.2. The summed E-state index contributed by atoms with van der Waals surface area (Å²) in [5.74, 6) is 2.44. The molecular weight excluding hydrogens is 224 g/mol. The van der Waals surface area contributed by atoms with Crippen molar-refractivity contribution in [2.24, 2.45) is 28.9 Å². The highest BCUT2D eigenvalue weighted by Crippen LogP contribution is 2.64. The van der Waals surface area contributed by atoms with Crippen LogP contribution in [0.15, 0.2) is 0 Å². The van der Waals surface area contributed by atoms with Gasteiger partial charge in [-0.05, 0) is 75.2 Å². The van der Waals surface area contributed by atoms with Crippen molar-refractivity contribution in [3.05, 3.63) is 0 Å². The van der Waals surface area contributed by atoms with Crippen molar-refractivity contribution < 1.29 is 4.79 Å². The summed E-state index contributed by atoms with van der Waals surface area (Å²) in [6.45, 7) is 2.11. The normalized spacial score (nSPS) is 44.9. The molecule has 4 aliphatic rings. The summed E-state index contributed by atoms with van der Waals surface area (Å²) in [5, 5.41) is 3.35. The standard InChI is InChI=1S/C15H26N2O/c1-3-15(17-2,13(16)18)14-7-10-4-11(8-14)6-12(5-10)9-14/h10-12,17H,3-9H2,1-2H3,(H2,16,18). The lowest BCUT2D eigenvalue weighted by atomic mass is 9.44. The molecule has 4 aliphatic carbocycles. The molecule has 0 aromatic carbocycles. The number of hydrogen-bond donors (Lipinski definition) is 2. The third-order valence-corrected chi connectivity index (χ3v) is 6.32. The molecule has 4 bridgehead atoms. The van der Waals surface area contributed by atoms with Gasteiger partial charge in [0, 0.05) is 0 Å². The van der Waals surface area contributed by atoms with Crippen LogP contribution >= 0.6 is 0 Å². The van der Waals surface area contributed by atoms with Gasteiger partial charge in [0.2, 0.25) is 5.91 Å². The number of hydrogen-bond acceptors (Lipinski definition) is 2. The molecule has 0 saturated heterocycles. The van der Waals surface area contributed by atoms with Crippen molar-refractivity contribution in [1.29, 1.82) is 0 Å². The van der Waals surface area contributed by atoms with Gasteiger partial charge in [0.05, 0.1) is 0 Å². The molecule has 0 aliphatic heterocycles. The zero-order chi connectivity index (χ0) is 13.0. The number of nitrogens with one attached hydrogen (secondary N) is 1. The van der Waals surface area contributed by atoms with Gasteiger partial charge in [0.25, 0.3) is 0 Å².